The van der Waals surface area contributed by atoms with E-state index in [0.717, 1.165) is 82.3 Å². The molecular formula is C27H35N5O2. The second-order valence-corrected chi connectivity index (χ2v) is 9.48. The number of amides is 1. The summed E-state index contributed by atoms with van der Waals surface area (Å²) in [5.41, 5.74) is 4.71. The molecule has 2 fully saturated rings. The molecule has 0 radical (unpaired) electrons. The van der Waals surface area contributed by atoms with E-state index in [1.54, 1.807) is 0 Å². The Morgan fingerprint density at radius 3 is 2.53 bits per heavy atom. The van der Waals surface area contributed by atoms with Crippen molar-refractivity contribution in [3.8, 4) is 0 Å². The maximum atomic E-state index is 12.8. The first-order chi connectivity index (χ1) is 16.7. The van der Waals surface area contributed by atoms with E-state index in [1.807, 2.05) is 6.07 Å². The molecule has 0 spiro atoms. The fourth-order valence-electron chi connectivity index (χ4n) is 4.98. The summed E-state index contributed by atoms with van der Waals surface area (Å²) in [4.78, 5) is 22.5. The largest absolute Gasteiger partial charge is 0.379 e. The van der Waals surface area contributed by atoms with Gasteiger partial charge in [-0.3, -0.25) is 9.69 Å². The number of hydrogen-bond acceptors (Lipinski definition) is 5. The van der Waals surface area contributed by atoms with E-state index < -0.39 is 0 Å². The number of piperidine rings is 1. The molecule has 3 aromatic rings. The number of aromatic nitrogens is 2. The highest BCUT2D eigenvalue weighted by Crippen LogP contribution is 2.28. The van der Waals surface area contributed by atoms with Crippen LogP contribution in [0.1, 0.15) is 24.0 Å². The number of carbonyl (C=O) groups is 1. The molecule has 2 aliphatic rings. The summed E-state index contributed by atoms with van der Waals surface area (Å²) in [5, 5.41) is 3.16. The lowest BCUT2D eigenvalue weighted by atomic mass is 9.96. The average molecular weight is 462 g/mol. The number of para-hydroxylation sites is 2. The Morgan fingerprint density at radius 1 is 1.03 bits per heavy atom. The summed E-state index contributed by atoms with van der Waals surface area (Å²) in [6.07, 6.45) is 1.72. The van der Waals surface area contributed by atoms with E-state index in [1.165, 1.54) is 11.1 Å². The zero-order valence-corrected chi connectivity index (χ0v) is 20.1. The molecule has 0 atom stereocenters. The van der Waals surface area contributed by atoms with E-state index in [0.29, 0.717) is 6.54 Å². The highest BCUT2D eigenvalue weighted by Gasteiger charge is 2.27. The van der Waals surface area contributed by atoms with Gasteiger partial charge in [0.05, 0.1) is 30.8 Å². The summed E-state index contributed by atoms with van der Waals surface area (Å²) in [5.74, 6) is 1.28. The van der Waals surface area contributed by atoms with Crippen LogP contribution in [-0.2, 0) is 16.1 Å². The Labute approximate surface area is 201 Å². The summed E-state index contributed by atoms with van der Waals surface area (Å²) in [7, 11) is 0. The quantitative estimate of drug-likeness (QED) is 0.586. The topological polar surface area (TPSA) is 62.6 Å². The number of imidazole rings is 1. The second-order valence-electron chi connectivity index (χ2n) is 9.48. The van der Waals surface area contributed by atoms with Crippen molar-refractivity contribution < 1.29 is 9.53 Å². The van der Waals surface area contributed by atoms with Crippen molar-refractivity contribution >= 4 is 22.9 Å². The number of fused-ring (bicyclic) bond motifs is 1. The number of nitrogens with zero attached hydrogens (tertiary/aromatic N) is 4. The minimum Gasteiger partial charge on any atom is -0.379 e. The third-order valence-corrected chi connectivity index (χ3v) is 7.08. The Balaban J connectivity index is 1.22. The lowest BCUT2D eigenvalue weighted by molar-refractivity contribution is -0.125. The van der Waals surface area contributed by atoms with Crippen molar-refractivity contribution in [3.63, 3.8) is 0 Å². The van der Waals surface area contributed by atoms with Crippen molar-refractivity contribution in [2.45, 2.75) is 26.3 Å². The predicted molar refractivity (Wildman–Crippen MR) is 135 cm³/mol. The van der Waals surface area contributed by atoms with E-state index >= 15 is 0 Å². The van der Waals surface area contributed by atoms with Crippen molar-refractivity contribution in [1.82, 2.24) is 19.8 Å². The van der Waals surface area contributed by atoms with Gasteiger partial charge < -0.3 is 19.5 Å². The van der Waals surface area contributed by atoms with Gasteiger partial charge in [-0.25, -0.2) is 4.98 Å². The van der Waals surface area contributed by atoms with E-state index in [4.69, 9.17) is 9.72 Å². The molecule has 1 aromatic heterocycles. The molecule has 0 saturated carbocycles. The number of nitrogens with one attached hydrogen (secondary N) is 1. The molecule has 0 unspecified atom stereocenters. The number of carbonyl (C=O) groups excluding carboxylic acids is 1. The molecule has 3 heterocycles. The third-order valence-electron chi connectivity index (χ3n) is 7.08. The zero-order valence-electron chi connectivity index (χ0n) is 20.1. The smallest absolute Gasteiger partial charge is 0.223 e. The number of hydrogen-bond donors (Lipinski definition) is 1. The summed E-state index contributed by atoms with van der Waals surface area (Å²) in [6.45, 7) is 9.71. The van der Waals surface area contributed by atoms with Gasteiger partial charge in [0.25, 0.3) is 0 Å². The summed E-state index contributed by atoms with van der Waals surface area (Å²) < 4.78 is 7.72. The molecule has 1 amide bonds. The number of anilines is 1. The van der Waals surface area contributed by atoms with Crippen LogP contribution >= 0.6 is 0 Å². The molecular weight excluding hydrogens is 426 g/mol. The van der Waals surface area contributed by atoms with Gasteiger partial charge in [-0.05, 0) is 37.5 Å². The molecule has 34 heavy (non-hydrogen) atoms. The van der Waals surface area contributed by atoms with Crippen LogP contribution in [0.15, 0.2) is 48.5 Å². The van der Waals surface area contributed by atoms with Gasteiger partial charge in [0.1, 0.15) is 0 Å². The number of benzene rings is 2. The van der Waals surface area contributed by atoms with Gasteiger partial charge in [-0.15, -0.1) is 0 Å². The lowest BCUT2D eigenvalue weighted by Crippen LogP contribution is -2.44. The van der Waals surface area contributed by atoms with Crippen LogP contribution in [0.25, 0.3) is 11.0 Å². The Bertz CT molecular complexity index is 1100. The fraction of sp³-hybridized carbons (Fsp3) is 0.481. The first kappa shape index (κ1) is 22.9. The van der Waals surface area contributed by atoms with Crippen LogP contribution in [0, 0.1) is 12.8 Å². The van der Waals surface area contributed by atoms with E-state index in [-0.39, 0.29) is 11.8 Å². The van der Waals surface area contributed by atoms with Crippen LogP contribution in [0.5, 0.6) is 0 Å². The molecule has 7 nitrogen and oxygen atoms in total. The molecule has 180 valence electrons. The van der Waals surface area contributed by atoms with Crippen LogP contribution in [0.2, 0.25) is 0 Å². The SMILES string of the molecule is Cc1ccc(Cn2c(N3CCC(C(=O)NCCN4CCOCC4)CC3)nc3ccccc32)cc1. The molecule has 2 aliphatic heterocycles. The molecule has 0 aliphatic carbocycles. The van der Waals surface area contributed by atoms with Crippen molar-refractivity contribution in [3.05, 3.63) is 59.7 Å². The number of rotatable bonds is 7. The molecule has 5 rings (SSSR count). The second kappa shape index (κ2) is 10.6. The minimum atomic E-state index is 0.0795. The highest BCUT2D eigenvalue weighted by atomic mass is 16.5. The maximum absolute atomic E-state index is 12.8. The third kappa shape index (κ3) is 5.26. The van der Waals surface area contributed by atoms with Crippen molar-refractivity contribution in [2.24, 2.45) is 5.92 Å². The van der Waals surface area contributed by atoms with E-state index in [2.05, 4.69) is 69.1 Å². The average Bonchev–Trinajstić information content (AvgIpc) is 3.24. The van der Waals surface area contributed by atoms with Gasteiger partial charge in [0, 0.05) is 45.2 Å². The zero-order chi connectivity index (χ0) is 23.3. The molecule has 2 saturated heterocycles. The Kier molecular flexibility index (Phi) is 7.11. The van der Waals surface area contributed by atoms with E-state index in [9.17, 15) is 4.79 Å². The predicted octanol–water partition coefficient (Wildman–Crippen LogP) is 3.06. The Morgan fingerprint density at radius 2 is 1.76 bits per heavy atom. The Hall–Kier alpha value is -2.90. The number of ether oxygens (including phenoxy) is 1. The van der Waals surface area contributed by atoms with Gasteiger partial charge in [-0.1, -0.05) is 42.0 Å². The molecule has 0 bridgehead atoms. The van der Waals surface area contributed by atoms with Crippen LogP contribution in [0.4, 0.5) is 5.95 Å². The first-order valence-corrected chi connectivity index (χ1v) is 12.5. The van der Waals surface area contributed by atoms with Crippen molar-refractivity contribution in [1.29, 1.82) is 0 Å². The van der Waals surface area contributed by atoms with Crippen LogP contribution in [0.3, 0.4) is 0 Å². The summed E-state index contributed by atoms with van der Waals surface area (Å²) in [6, 6.07) is 17.1. The number of morpholine rings is 1. The first-order valence-electron chi connectivity index (χ1n) is 12.5. The molecule has 2 aromatic carbocycles. The standard InChI is InChI=1S/C27H35N5O2/c1-21-6-8-22(9-7-21)20-32-25-5-3-2-4-24(25)29-27(32)31-13-10-23(11-14-31)26(33)28-12-15-30-16-18-34-19-17-30/h2-9,23H,10-20H2,1H3,(H,28,33). The normalized spacial score (nSPS) is 17.9. The lowest BCUT2D eigenvalue weighted by Gasteiger charge is -2.32. The summed E-state index contributed by atoms with van der Waals surface area (Å²) >= 11 is 0. The number of aryl methyl sites for hydroxylation is 1. The molecule has 7 heteroatoms. The van der Waals surface area contributed by atoms with Crippen LogP contribution in [-0.4, -0.2) is 72.8 Å². The van der Waals surface area contributed by atoms with Crippen molar-refractivity contribution in [2.75, 3.05) is 57.4 Å². The fourth-order valence-corrected chi connectivity index (χ4v) is 4.98. The maximum Gasteiger partial charge on any atom is 0.223 e. The van der Waals surface area contributed by atoms with Crippen LogP contribution < -0.4 is 10.2 Å². The van der Waals surface area contributed by atoms with Gasteiger partial charge in [-0.2, -0.15) is 0 Å². The monoisotopic (exact) mass is 461 g/mol. The van der Waals surface area contributed by atoms with Gasteiger partial charge in [0.2, 0.25) is 11.9 Å². The highest BCUT2D eigenvalue weighted by molar-refractivity contribution is 5.80. The van der Waals surface area contributed by atoms with Gasteiger partial charge >= 0.3 is 0 Å². The van der Waals surface area contributed by atoms with Gasteiger partial charge in [0.15, 0.2) is 0 Å². The minimum absolute atomic E-state index is 0.0795. The molecule has 1 N–H and O–H groups in total.